The summed E-state index contributed by atoms with van der Waals surface area (Å²) in [5.41, 5.74) is 2.75. The molecular weight excluding hydrogens is 309 g/mol. The van der Waals surface area contributed by atoms with Gasteiger partial charge in [-0.2, -0.15) is 5.10 Å². The standard InChI is InChI=1S/C17H22FN5O/c1-12-9-14(21-20-12)10-22(2)17(24)16-11-23(8-7-19-16)15-5-3-13(18)4-6-15/h3-6,9,16,19H,7-8,10-11H2,1-2H3,(H,20,21). The largest absolute Gasteiger partial charge is 0.368 e. The summed E-state index contributed by atoms with van der Waals surface area (Å²) in [6, 6.07) is 8.04. The lowest BCUT2D eigenvalue weighted by molar-refractivity contribution is -0.132. The monoisotopic (exact) mass is 331 g/mol. The third-order valence-electron chi connectivity index (χ3n) is 4.20. The SMILES string of the molecule is Cc1cc(CN(C)C(=O)C2CN(c3ccc(F)cc3)CCN2)n[nH]1. The zero-order valence-electron chi connectivity index (χ0n) is 13.9. The normalized spacial score (nSPS) is 17.8. The van der Waals surface area contributed by atoms with Crippen LogP contribution >= 0.6 is 0 Å². The van der Waals surface area contributed by atoms with Crippen LogP contribution in [-0.4, -0.2) is 53.7 Å². The van der Waals surface area contributed by atoms with Gasteiger partial charge in [0.25, 0.3) is 0 Å². The van der Waals surface area contributed by atoms with Crippen molar-refractivity contribution < 1.29 is 9.18 Å². The maximum Gasteiger partial charge on any atom is 0.241 e. The van der Waals surface area contributed by atoms with Gasteiger partial charge in [-0.25, -0.2) is 4.39 Å². The average molecular weight is 331 g/mol. The highest BCUT2D eigenvalue weighted by Gasteiger charge is 2.28. The Bertz CT molecular complexity index is 699. The van der Waals surface area contributed by atoms with Crippen LogP contribution in [0, 0.1) is 12.7 Å². The van der Waals surface area contributed by atoms with Crippen molar-refractivity contribution in [1.29, 1.82) is 0 Å². The van der Waals surface area contributed by atoms with E-state index < -0.39 is 0 Å². The fourth-order valence-electron chi connectivity index (χ4n) is 2.94. The summed E-state index contributed by atoms with van der Waals surface area (Å²) in [6.07, 6.45) is 0. The molecule has 1 atom stereocenters. The Labute approximate surface area is 140 Å². The second-order valence-corrected chi connectivity index (χ2v) is 6.17. The van der Waals surface area contributed by atoms with Crippen molar-refractivity contribution in [1.82, 2.24) is 20.4 Å². The van der Waals surface area contributed by atoms with Crippen molar-refractivity contribution in [2.45, 2.75) is 19.5 Å². The van der Waals surface area contributed by atoms with E-state index in [2.05, 4.69) is 20.4 Å². The molecule has 2 N–H and O–H groups in total. The highest BCUT2D eigenvalue weighted by Crippen LogP contribution is 2.17. The first-order chi connectivity index (χ1) is 11.5. The number of anilines is 1. The molecule has 2 aromatic rings. The van der Waals surface area contributed by atoms with Gasteiger partial charge < -0.3 is 15.1 Å². The molecule has 3 rings (SSSR count). The van der Waals surface area contributed by atoms with Crippen LogP contribution < -0.4 is 10.2 Å². The molecule has 1 aromatic carbocycles. The number of benzene rings is 1. The highest BCUT2D eigenvalue weighted by molar-refractivity contribution is 5.82. The smallest absolute Gasteiger partial charge is 0.241 e. The molecule has 0 radical (unpaired) electrons. The molecule has 1 aromatic heterocycles. The minimum atomic E-state index is -0.283. The molecule has 1 saturated heterocycles. The molecule has 1 amide bonds. The Kier molecular flexibility index (Phi) is 4.80. The maximum absolute atomic E-state index is 13.1. The number of aromatic nitrogens is 2. The summed E-state index contributed by atoms with van der Waals surface area (Å²) in [4.78, 5) is 16.5. The number of aromatic amines is 1. The van der Waals surface area contributed by atoms with Crippen molar-refractivity contribution in [2.24, 2.45) is 0 Å². The molecular formula is C17H22FN5O. The van der Waals surface area contributed by atoms with E-state index in [0.29, 0.717) is 19.6 Å². The number of nitrogens with one attached hydrogen (secondary N) is 2. The number of carbonyl (C=O) groups is 1. The second kappa shape index (κ2) is 7.00. The molecule has 0 bridgehead atoms. The van der Waals surface area contributed by atoms with Crippen LogP contribution in [0.15, 0.2) is 30.3 Å². The van der Waals surface area contributed by atoms with Crippen LogP contribution in [0.1, 0.15) is 11.4 Å². The van der Waals surface area contributed by atoms with E-state index >= 15 is 0 Å². The van der Waals surface area contributed by atoms with Gasteiger partial charge in [0.15, 0.2) is 0 Å². The predicted molar refractivity (Wildman–Crippen MR) is 90.2 cm³/mol. The first-order valence-electron chi connectivity index (χ1n) is 8.02. The van der Waals surface area contributed by atoms with E-state index in [9.17, 15) is 9.18 Å². The fraction of sp³-hybridized carbons (Fsp3) is 0.412. The minimum absolute atomic E-state index is 0.0301. The summed E-state index contributed by atoms with van der Waals surface area (Å²) in [7, 11) is 1.78. The molecule has 0 saturated carbocycles. The van der Waals surface area contributed by atoms with Crippen molar-refractivity contribution >= 4 is 11.6 Å². The molecule has 1 unspecified atom stereocenters. The topological polar surface area (TPSA) is 64.3 Å². The first-order valence-corrected chi connectivity index (χ1v) is 8.02. The van der Waals surface area contributed by atoms with E-state index in [1.807, 2.05) is 13.0 Å². The van der Waals surface area contributed by atoms with Gasteiger partial charge >= 0.3 is 0 Å². The molecule has 1 fully saturated rings. The zero-order chi connectivity index (χ0) is 17.1. The number of H-pyrrole nitrogens is 1. The van der Waals surface area contributed by atoms with Crippen LogP contribution in [0.25, 0.3) is 0 Å². The summed E-state index contributed by atoms with van der Waals surface area (Å²) in [6.45, 7) is 4.47. The number of rotatable bonds is 4. The first kappa shape index (κ1) is 16.4. The summed E-state index contributed by atoms with van der Waals surface area (Å²) < 4.78 is 13.1. The van der Waals surface area contributed by atoms with Gasteiger partial charge in [0.2, 0.25) is 5.91 Å². The highest BCUT2D eigenvalue weighted by atomic mass is 19.1. The Morgan fingerprint density at radius 3 is 2.83 bits per heavy atom. The Balaban J connectivity index is 1.63. The molecule has 2 heterocycles. The predicted octanol–water partition coefficient (Wildman–Crippen LogP) is 1.29. The van der Waals surface area contributed by atoms with E-state index in [4.69, 9.17) is 0 Å². The number of carbonyl (C=O) groups excluding carboxylic acids is 1. The van der Waals surface area contributed by atoms with Gasteiger partial charge in [0, 0.05) is 38.1 Å². The molecule has 1 aliphatic heterocycles. The Morgan fingerprint density at radius 1 is 1.42 bits per heavy atom. The lowest BCUT2D eigenvalue weighted by atomic mass is 10.1. The van der Waals surface area contributed by atoms with Crippen molar-refractivity contribution in [3.63, 3.8) is 0 Å². The van der Waals surface area contributed by atoms with E-state index in [-0.39, 0.29) is 17.8 Å². The number of likely N-dealkylation sites (N-methyl/N-ethyl adjacent to an activating group) is 1. The Morgan fingerprint density at radius 2 is 2.17 bits per heavy atom. The van der Waals surface area contributed by atoms with Crippen LogP contribution in [0.2, 0.25) is 0 Å². The molecule has 24 heavy (non-hydrogen) atoms. The zero-order valence-corrected chi connectivity index (χ0v) is 13.9. The minimum Gasteiger partial charge on any atom is -0.368 e. The number of amides is 1. The molecule has 6 nitrogen and oxygen atoms in total. The number of aryl methyl sites for hydroxylation is 1. The lowest BCUT2D eigenvalue weighted by Gasteiger charge is -2.36. The van der Waals surface area contributed by atoms with Crippen LogP contribution in [-0.2, 0) is 11.3 Å². The molecule has 0 aliphatic carbocycles. The fourth-order valence-corrected chi connectivity index (χ4v) is 2.94. The number of hydrogen-bond donors (Lipinski definition) is 2. The third-order valence-corrected chi connectivity index (χ3v) is 4.20. The van der Waals surface area contributed by atoms with E-state index in [1.165, 1.54) is 12.1 Å². The lowest BCUT2D eigenvalue weighted by Crippen LogP contribution is -2.57. The molecule has 128 valence electrons. The molecule has 7 heteroatoms. The van der Waals surface area contributed by atoms with Gasteiger partial charge in [-0.15, -0.1) is 0 Å². The van der Waals surface area contributed by atoms with E-state index in [0.717, 1.165) is 23.6 Å². The van der Waals surface area contributed by atoms with Gasteiger partial charge in [-0.3, -0.25) is 9.89 Å². The van der Waals surface area contributed by atoms with E-state index in [1.54, 1.807) is 24.1 Å². The quantitative estimate of drug-likeness (QED) is 0.886. The van der Waals surface area contributed by atoms with Crippen molar-refractivity contribution in [2.75, 3.05) is 31.6 Å². The van der Waals surface area contributed by atoms with Gasteiger partial charge in [0.05, 0.1) is 12.2 Å². The number of piperazine rings is 1. The average Bonchev–Trinajstić information content (AvgIpc) is 3.00. The van der Waals surface area contributed by atoms with Gasteiger partial charge in [-0.05, 0) is 37.3 Å². The number of nitrogens with zero attached hydrogens (tertiary/aromatic N) is 3. The van der Waals surface area contributed by atoms with Crippen LogP contribution in [0.5, 0.6) is 0 Å². The summed E-state index contributed by atoms with van der Waals surface area (Å²) >= 11 is 0. The summed E-state index contributed by atoms with van der Waals surface area (Å²) in [5, 5.41) is 10.3. The van der Waals surface area contributed by atoms with Gasteiger partial charge in [0.1, 0.15) is 11.9 Å². The van der Waals surface area contributed by atoms with Crippen molar-refractivity contribution in [3.8, 4) is 0 Å². The number of halogens is 1. The molecule has 1 aliphatic rings. The maximum atomic E-state index is 13.1. The van der Waals surface area contributed by atoms with Crippen molar-refractivity contribution in [3.05, 3.63) is 47.5 Å². The molecule has 0 spiro atoms. The van der Waals surface area contributed by atoms with Crippen LogP contribution in [0.3, 0.4) is 0 Å². The third kappa shape index (κ3) is 3.73. The number of hydrogen-bond acceptors (Lipinski definition) is 4. The summed E-state index contributed by atoms with van der Waals surface area (Å²) in [5.74, 6) is -0.224. The van der Waals surface area contributed by atoms with Gasteiger partial charge in [-0.1, -0.05) is 0 Å². The second-order valence-electron chi connectivity index (χ2n) is 6.17. The van der Waals surface area contributed by atoms with Crippen LogP contribution in [0.4, 0.5) is 10.1 Å². The Hall–Kier alpha value is -2.41.